The first-order valence-corrected chi connectivity index (χ1v) is 4.65. The molecule has 0 unspecified atom stereocenters. The molecule has 0 aliphatic rings. The number of carboxylic acids is 1. The van der Waals surface area contributed by atoms with Gasteiger partial charge in [-0.15, -0.1) is 0 Å². The molecule has 0 aliphatic heterocycles. The lowest BCUT2D eigenvalue weighted by molar-refractivity contribution is -0.134. The highest BCUT2D eigenvalue weighted by Crippen LogP contribution is 1.92. The van der Waals surface area contributed by atoms with Crippen molar-refractivity contribution in [2.75, 3.05) is 0 Å². The minimum absolute atomic E-state index is 0.303. The van der Waals surface area contributed by atoms with Crippen molar-refractivity contribution < 1.29 is 14.7 Å². The third-order valence-corrected chi connectivity index (χ3v) is 1.53. The van der Waals surface area contributed by atoms with Crippen molar-refractivity contribution >= 4 is 11.9 Å². The summed E-state index contributed by atoms with van der Waals surface area (Å²) in [6.45, 7) is 6.36. The zero-order chi connectivity index (χ0) is 12.6. The van der Waals surface area contributed by atoms with E-state index in [1.165, 1.54) is 12.5 Å². The number of carbonyl (C=O) groups is 2. The maximum Gasteiger partial charge on any atom is 0.351 e. The van der Waals surface area contributed by atoms with Crippen molar-refractivity contribution in [3.8, 4) is 0 Å². The van der Waals surface area contributed by atoms with Gasteiger partial charge in [-0.25, -0.2) is 4.79 Å². The molecule has 0 heterocycles. The van der Waals surface area contributed by atoms with Gasteiger partial charge in [-0.3, -0.25) is 4.79 Å². The van der Waals surface area contributed by atoms with Crippen molar-refractivity contribution in [1.82, 2.24) is 5.32 Å². The summed E-state index contributed by atoms with van der Waals surface area (Å²) >= 11 is 0. The summed E-state index contributed by atoms with van der Waals surface area (Å²) in [4.78, 5) is 20.0. The Hall–Kier alpha value is -2.10. The van der Waals surface area contributed by atoms with Gasteiger partial charge in [-0.1, -0.05) is 42.5 Å². The van der Waals surface area contributed by atoms with Crippen molar-refractivity contribution in [2.45, 2.75) is 13.8 Å². The quantitative estimate of drug-likeness (QED) is 0.747. The average Bonchev–Trinajstić information content (AvgIpc) is 2.18. The molecule has 0 aliphatic carbocycles. The topological polar surface area (TPSA) is 66.4 Å². The maximum absolute atomic E-state index is 10.1. The summed E-state index contributed by atoms with van der Waals surface area (Å²) in [5.41, 5.74) is 1.02. The molecule has 0 fully saturated rings. The molecule has 0 saturated heterocycles. The Kier molecular flexibility index (Phi) is 6.28. The van der Waals surface area contributed by atoms with E-state index in [-0.39, 0.29) is 5.70 Å². The van der Waals surface area contributed by atoms with Gasteiger partial charge >= 0.3 is 5.97 Å². The van der Waals surface area contributed by atoms with Crippen LogP contribution >= 0.6 is 0 Å². The summed E-state index contributed by atoms with van der Waals surface area (Å²) in [7, 11) is 0. The van der Waals surface area contributed by atoms with Crippen LogP contribution in [0, 0.1) is 6.92 Å². The Morgan fingerprint density at radius 3 is 1.94 bits per heavy atom. The smallest absolute Gasteiger partial charge is 0.351 e. The van der Waals surface area contributed by atoms with Crippen LogP contribution in [0.5, 0.6) is 0 Å². The molecule has 1 rings (SSSR count). The Bertz CT molecular complexity index is 371. The van der Waals surface area contributed by atoms with Crippen molar-refractivity contribution in [2.24, 2.45) is 0 Å². The first kappa shape index (κ1) is 13.9. The molecular weight excluding hydrogens is 206 g/mol. The van der Waals surface area contributed by atoms with Crippen molar-refractivity contribution in [3.63, 3.8) is 0 Å². The molecule has 2 N–H and O–H groups in total. The number of carboxylic acid groups (broad SMARTS) is 1. The standard InChI is InChI=1S/C7H8.C5H7NO3/c1-7-5-3-2-4-6-7;1-3(5(8)9)6-4(2)7/h2-6H,1H3;1H2,2H3,(H,6,7)(H,8,9). The molecule has 0 bridgehead atoms. The van der Waals surface area contributed by atoms with E-state index < -0.39 is 11.9 Å². The fourth-order valence-electron chi connectivity index (χ4n) is 0.800. The van der Waals surface area contributed by atoms with E-state index in [9.17, 15) is 9.59 Å². The number of nitrogens with one attached hydrogen (secondary N) is 1. The zero-order valence-corrected chi connectivity index (χ0v) is 9.36. The van der Waals surface area contributed by atoms with Gasteiger partial charge < -0.3 is 10.4 Å². The lowest BCUT2D eigenvalue weighted by atomic mass is 10.2. The second kappa shape index (κ2) is 7.23. The van der Waals surface area contributed by atoms with Crippen LogP contribution in [0.4, 0.5) is 0 Å². The van der Waals surface area contributed by atoms with Crippen LogP contribution in [0.1, 0.15) is 12.5 Å². The number of rotatable bonds is 2. The molecule has 4 nitrogen and oxygen atoms in total. The van der Waals surface area contributed by atoms with E-state index in [0.717, 1.165) is 0 Å². The van der Waals surface area contributed by atoms with Gasteiger partial charge in [-0.05, 0) is 6.92 Å². The van der Waals surface area contributed by atoms with Gasteiger partial charge in [0.15, 0.2) is 0 Å². The summed E-state index contributed by atoms with van der Waals surface area (Å²) in [5, 5.41) is 10.1. The molecule has 4 heteroatoms. The minimum atomic E-state index is -1.22. The Morgan fingerprint density at radius 2 is 1.75 bits per heavy atom. The van der Waals surface area contributed by atoms with Crippen LogP contribution in [0.25, 0.3) is 0 Å². The summed E-state index contributed by atoms with van der Waals surface area (Å²) < 4.78 is 0. The fraction of sp³-hybridized carbons (Fsp3) is 0.167. The average molecular weight is 221 g/mol. The molecule has 1 amide bonds. The number of hydrogen-bond donors (Lipinski definition) is 2. The second-order valence-corrected chi connectivity index (χ2v) is 3.12. The molecule has 0 spiro atoms. The van der Waals surface area contributed by atoms with Gasteiger partial charge in [0, 0.05) is 6.92 Å². The third kappa shape index (κ3) is 7.32. The zero-order valence-electron chi connectivity index (χ0n) is 9.36. The lowest BCUT2D eigenvalue weighted by Crippen LogP contribution is -2.23. The monoisotopic (exact) mass is 221 g/mol. The molecule has 1 aromatic rings. The molecule has 16 heavy (non-hydrogen) atoms. The third-order valence-electron chi connectivity index (χ3n) is 1.53. The highest BCUT2D eigenvalue weighted by atomic mass is 16.4. The SMILES string of the molecule is C=C(NC(C)=O)C(=O)O.Cc1ccccc1. The van der Waals surface area contributed by atoms with Crippen LogP contribution in [0.15, 0.2) is 42.6 Å². The van der Waals surface area contributed by atoms with E-state index in [4.69, 9.17) is 5.11 Å². The number of hydrogen-bond acceptors (Lipinski definition) is 2. The summed E-state index contributed by atoms with van der Waals surface area (Å²) in [5.74, 6) is -1.65. The largest absolute Gasteiger partial charge is 0.477 e. The molecule has 0 atom stereocenters. The van der Waals surface area contributed by atoms with Crippen LogP contribution in [0.3, 0.4) is 0 Å². The summed E-state index contributed by atoms with van der Waals surface area (Å²) in [6.07, 6.45) is 0. The van der Waals surface area contributed by atoms with E-state index in [0.29, 0.717) is 0 Å². The van der Waals surface area contributed by atoms with E-state index in [1.54, 1.807) is 0 Å². The number of amides is 1. The van der Waals surface area contributed by atoms with E-state index in [2.05, 4.69) is 25.6 Å². The first-order chi connectivity index (χ1) is 7.43. The first-order valence-electron chi connectivity index (χ1n) is 4.65. The van der Waals surface area contributed by atoms with Crippen LogP contribution in [-0.2, 0) is 9.59 Å². The molecule has 1 aromatic carbocycles. The predicted molar refractivity (Wildman–Crippen MR) is 61.8 cm³/mol. The lowest BCUT2D eigenvalue weighted by Gasteiger charge is -1.96. The second-order valence-electron chi connectivity index (χ2n) is 3.12. The van der Waals surface area contributed by atoms with Gasteiger partial charge in [0.1, 0.15) is 5.70 Å². The number of benzene rings is 1. The molecule has 0 aromatic heterocycles. The fourth-order valence-corrected chi connectivity index (χ4v) is 0.800. The van der Waals surface area contributed by atoms with Gasteiger partial charge in [0.25, 0.3) is 0 Å². The molecular formula is C12H15NO3. The number of aliphatic carboxylic acids is 1. The number of aryl methyl sites for hydroxylation is 1. The van der Waals surface area contributed by atoms with Gasteiger partial charge in [0.2, 0.25) is 5.91 Å². The maximum atomic E-state index is 10.1. The summed E-state index contributed by atoms with van der Waals surface area (Å²) in [6, 6.07) is 10.3. The molecule has 0 saturated carbocycles. The minimum Gasteiger partial charge on any atom is -0.477 e. The van der Waals surface area contributed by atoms with Crippen molar-refractivity contribution in [1.29, 1.82) is 0 Å². The predicted octanol–water partition coefficient (Wildman–Crippen LogP) is 1.72. The Labute approximate surface area is 94.6 Å². The number of carbonyl (C=O) groups excluding carboxylic acids is 1. The Morgan fingerprint density at radius 1 is 1.25 bits per heavy atom. The van der Waals surface area contributed by atoms with E-state index in [1.807, 2.05) is 23.5 Å². The molecule has 86 valence electrons. The molecule has 0 radical (unpaired) electrons. The van der Waals surface area contributed by atoms with Gasteiger partial charge in [-0.2, -0.15) is 0 Å². The van der Waals surface area contributed by atoms with Crippen LogP contribution < -0.4 is 5.32 Å². The van der Waals surface area contributed by atoms with Crippen LogP contribution in [0.2, 0.25) is 0 Å². The van der Waals surface area contributed by atoms with E-state index >= 15 is 0 Å². The van der Waals surface area contributed by atoms with Gasteiger partial charge in [0.05, 0.1) is 0 Å². The highest BCUT2D eigenvalue weighted by Gasteiger charge is 2.02. The normalized spacial score (nSPS) is 8.38. The Balaban J connectivity index is 0.000000288. The highest BCUT2D eigenvalue weighted by molar-refractivity contribution is 5.91. The van der Waals surface area contributed by atoms with Crippen molar-refractivity contribution in [3.05, 3.63) is 48.2 Å². The van der Waals surface area contributed by atoms with Crippen LogP contribution in [-0.4, -0.2) is 17.0 Å².